The first-order chi connectivity index (χ1) is 12.3. The molecule has 2 nitrogen and oxygen atoms in total. The van der Waals surface area contributed by atoms with E-state index < -0.39 is 5.92 Å². The summed E-state index contributed by atoms with van der Waals surface area (Å²) in [5, 5.41) is 0. The summed E-state index contributed by atoms with van der Waals surface area (Å²) in [6.45, 7) is 4.46. The molecule has 146 valence electrons. The van der Waals surface area contributed by atoms with Crippen LogP contribution in [0.3, 0.4) is 0 Å². The molecule has 0 rings (SSSR count). The number of unbranched alkanes of at least 4 members (excludes halogenated alkanes) is 13. The van der Waals surface area contributed by atoms with Gasteiger partial charge in [0.05, 0.1) is 5.92 Å². The molecule has 0 heterocycles. The normalized spacial score (nSPS) is 12.6. The van der Waals surface area contributed by atoms with Gasteiger partial charge in [0.15, 0.2) is 5.78 Å². The maximum atomic E-state index is 12.1. The number of hydrogen-bond donors (Lipinski definition) is 0. The third-order valence-corrected chi connectivity index (χ3v) is 4.90. The molecule has 0 fully saturated rings. The zero-order valence-electron chi connectivity index (χ0n) is 16.9. The number of carbonyl (C=O) groups excluding carboxylic acids is 2. The van der Waals surface area contributed by atoms with Crippen molar-refractivity contribution in [1.29, 1.82) is 0 Å². The standard InChI is InChI=1S/C23H42O2/c1-3-5-7-9-11-13-15-17-19-22(21-24)23(25)20-18-16-14-12-10-8-6-4-2/h18,20-22H,3-17,19H2,1-2H3. The van der Waals surface area contributed by atoms with Gasteiger partial charge in [0.1, 0.15) is 6.29 Å². The fraction of sp³-hybridized carbons (Fsp3) is 0.826. The van der Waals surface area contributed by atoms with Crippen LogP contribution in [0.1, 0.15) is 117 Å². The predicted octanol–water partition coefficient (Wildman–Crippen LogP) is 7.21. The maximum absolute atomic E-state index is 12.1. The molecule has 0 amide bonds. The molecule has 0 aromatic rings. The van der Waals surface area contributed by atoms with Crippen LogP contribution in [0.15, 0.2) is 12.2 Å². The van der Waals surface area contributed by atoms with Gasteiger partial charge in [-0.25, -0.2) is 0 Å². The van der Waals surface area contributed by atoms with E-state index in [1.807, 2.05) is 6.08 Å². The Morgan fingerprint density at radius 3 is 1.72 bits per heavy atom. The molecule has 0 bridgehead atoms. The summed E-state index contributed by atoms with van der Waals surface area (Å²) in [5.41, 5.74) is 0. The van der Waals surface area contributed by atoms with Crippen LogP contribution >= 0.6 is 0 Å². The Kier molecular flexibility index (Phi) is 18.7. The second-order valence-corrected chi connectivity index (χ2v) is 7.37. The van der Waals surface area contributed by atoms with Crippen molar-refractivity contribution in [2.45, 2.75) is 117 Å². The topological polar surface area (TPSA) is 34.1 Å². The van der Waals surface area contributed by atoms with E-state index in [-0.39, 0.29) is 5.78 Å². The van der Waals surface area contributed by atoms with Crippen molar-refractivity contribution in [3.63, 3.8) is 0 Å². The van der Waals surface area contributed by atoms with Crippen LogP contribution in [0.4, 0.5) is 0 Å². The number of rotatable bonds is 19. The second-order valence-electron chi connectivity index (χ2n) is 7.37. The smallest absolute Gasteiger partial charge is 0.165 e. The molecule has 0 aliphatic heterocycles. The van der Waals surface area contributed by atoms with E-state index in [2.05, 4.69) is 13.8 Å². The predicted molar refractivity (Wildman–Crippen MR) is 109 cm³/mol. The van der Waals surface area contributed by atoms with E-state index in [1.54, 1.807) is 6.08 Å². The van der Waals surface area contributed by atoms with E-state index in [0.717, 1.165) is 38.4 Å². The number of carbonyl (C=O) groups is 2. The Hall–Kier alpha value is -0.920. The molecule has 0 saturated heterocycles. The van der Waals surface area contributed by atoms with Crippen LogP contribution < -0.4 is 0 Å². The van der Waals surface area contributed by atoms with Crippen molar-refractivity contribution in [3.05, 3.63) is 12.2 Å². The SMILES string of the molecule is CCCCCCCCC=CC(=O)C(C=O)CCCCCCCCCC. The lowest BCUT2D eigenvalue weighted by Gasteiger charge is -2.06. The first-order valence-corrected chi connectivity index (χ1v) is 10.9. The Morgan fingerprint density at radius 1 is 0.720 bits per heavy atom. The van der Waals surface area contributed by atoms with Gasteiger partial charge >= 0.3 is 0 Å². The number of aldehydes is 1. The van der Waals surface area contributed by atoms with Crippen LogP contribution in [-0.4, -0.2) is 12.1 Å². The summed E-state index contributed by atoms with van der Waals surface area (Å²) < 4.78 is 0. The van der Waals surface area contributed by atoms with Crippen molar-refractivity contribution in [1.82, 2.24) is 0 Å². The van der Waals surface area contributed by atoms with Crippen molar-refractivity contribution in [2.24, 2.45) is 5.92 Å². The zero-order chi connectivity index (χ0) is 18.6. The van der Waals surface area contributed by atoms with Crippen LogP contribution in [0.25, 0.3) is 0 Å². The fourth-order valence-corrected chi connectivity index (χ4v) is 3.14. The minimum absolute atomic E-state index is 0.00364. The lowest BCUT2D eigenvalue weighted by atomic mass is 9.96. The molecule has 0 N–H and O–H groups in total. The number of allylic oxidation sites excluding steroid dienone is 2. The van der Waals surface area contributed by atoms with E-state index in [4.69, 9.17) is 0 Å². The van der Waals surface area contributed by atoms with Gasteiger partial charge in [-0.1, -0.05) is 103 Å². The molecular formula is C23H42O2. The van der Waals surface area contributed by atoms with Gasteiger partial charge < -0.3 is 4.79 Å². The van der Waals surface area contributed by atoms with Gasteiger partial charge in [0.25, 0.3) is 0 Å². The van der Waals surface area contributed by atoms with Crippen LogP contribution in [0.5, 0.6) is 0 Å². The highest BCUT2D eigenvalue weighted by Gasteiger charge is 2.13. The molecule has 0 aromatic carbocycles. The first kappa shape index (κ1) is 24.1. The van der Waals surface area contributed by atoms with Gasteiger partial charge in [-0.05, 0) is 25.3 Å². The van der Waals surface area contributed by atoms with Gasteiger partial charge in [0.2, 0.25) is 0 Å². The average molecular weight is 351 g/mol. The van der Waals surface area contributed by atoms with Gasteiger partial charge in [-0.3, -0.25) is 4.79 Å². The quantitative estimate of drug-likeness (QED) is 0.107. The largest absolute Gasteiger partial charge is 0.303 e. The summed E-state index contributed by atoms with van der Waals surface area (Å²) in [6, 6.07) is 0. The molecule has 2 heteroatoms. The molecular weight excluding hydrogens is 308 g/mol. The maximum Gasteiger partial charge on any atom is 0.165 e. The molecule has 0 aromatic heterocycles. The Morgan fingerprint density at radius 2 is 1.20 bits per heavy atom. The zero-order valence-corrected chi connectivity index (χ0v) is 16.9. The highest BCUT2D eigenvalue weighted by Crippen LogP contribution is 2.14. The van der Waals surface area contributed by atoms with Gasteiger partial charge in [-0.15, -0.1) is 0 Å². The van der Waals surface area contributed by atoms with Crippen LogP contribution in [0.2, 0.25) is 0 Å². The fourth-order valence-electron chi connectivity index (χ4n) is 3.14. The monoisotopic (exact) mass is 350 g/mol. The molecule has 0 spiro atoms. The first-order valence-electron chi connectivity index (χ1n) is 10.9. The summed E-state index contributed by atoms with van der Waals surface area (Å²) >= 11 is 0. The van der Waals surface area contributed by atoms with E-state index in [0.29, 0.717) is 0 Å². The molecule has 0 saturated carbocycles. The molecule has 0 aliphatic carbocycles. The summed E-state index contributed by atoms with van der Waals surface area (Å²) in [6.07, 6.45) is 23.7. The minimum Gasteiger partial charge on any atom is -0.303 e. The molecule has 0 radical (unpaired) electrons. The van der Waals surface area contributed by atoms with Crippen LogP contribution in [-0.2, 0) is 9.59 Å². The van der Waals surface area contributed by atoms with Gasteiger partial charge in [-0.2, -0.15) is 0 Å². The average Bonchev–Trinajstić information content (AvgIpc) is 2.62. The van der Waals surface area contributed by atoms with E-state index in [1.165, 1.54) is 70.6 Å². The van der Waals surface area contributed by atoms with Crippen molar-refractivity contribution >= 4 is 12.1 Å². The lowest BCUT2D eigenvalue weighted by Crippen LogP contribution is -2.13. The molecule has 0 aliphatic rings. The van der Waals surface area contributed by atoms with E-state index >= 15 is 0 Å². The highest BCUT2D eigenvalue weighted by molar-refractivity contribution is 6.00. The minimum atomic E-state index is -0.416. The second kappa shape index (κ2) is 19.4. The van der Waals surface area contributed by atoms with Crippen molar-refractivity contribution < 1.29 is 9.59 Å². The Bertz CT molecular complexity index is 333. The number of ketones is 1. The van der Waals surface area contributed by atoms with E-state index in [9.17, 15) is 9.59 Å². The summed E-state index contributed by atoms with van der Waals surface area (Å²) in [7, 11) is 0. The molecule has 1 unspecified atom stereocenters. The van der Waals surface area contributed by atoms with Gasteiger partial charge in [0, 0.05) is 0 Å². The van der Waals surface area contributed by atoms with Crippen LogP contribution in [0, 0.1) is 5.92 Å². The summed E-state index contributed by atoms with van der Waals surface area (Å²) in [5.74, 6) is -0.412. The number of hydrogen-bond acceptors (Lipinski definition) is 2. The van der Waals surface area contributed by atoms with Crippen molar-refractivity contribution in [3.8, 4) is 0 Å². The summed E-state index contributed by atoms with van der Waals surface area (Å²) in [4.78, 5) is 23.2. The molecule has 1 atom stereocenters. The lowest BCUT2D eigenvalue weighted by molar-refractivity contribution is -0.124. The third-order valence-electron chi connectivity index (χ3n) is 4.90. The molecule has 25 heavy (non-hydrogen) atoms. The third kappa shape index (κ3) is 16.3. The highest BCUT2D eigenvalue weighted by atomic mass is 16.1. The Labute approximate surface area is 156 Å². The Balaban J connectivity index is 3.66. The van der Waals surface area contributed by atoms with Crippen molar-refractivity contribution in [2.75, 3.05) is 0 Å².